The fraction of sp³-hybridized carbons (Fsp3) is 0.600. The van der Waals surface area contributed by atoms with Gasteiger partial charge in [-0.1, -0.05) is 0 Å². The van der Waals surface area contributed by atoms with E-state index in [1.54, 1.807) is 6.33 Å². The Morgan fingerprint density at radius 1 is 1.33 bits per heavy atom. The number of anilines is 2. The van der Waals surface area contributed by atoms with Gasteiger partial charge in [-0.25, -0.2) is 9.97 Å². The molecule has 0 atom stereocenters. The Morgan fingerprint density at radius 2 is 2.13 bits per heavy atom. The van der Waals surface area contributed by atoms with Crippen LogP contribution in [0.15, 0.2) is 12.4 Å². The van der Waals surface area contributed by atoms with E-state index < -0.39 is 0 Å². The largest absolute Gasteiger partial charge is 0.369 e. The molecular formula is C10H16N4S. The minimum absolute atomic E-state index is 0.809. The molecule has 2 rings (SSSR count). The molecule has 15 heavy (non-hydrogen) atoms. The summed E-state index contributed by atoms with van der Waals surface area (Å²) in [5, 5.41) is 3.20. The van der Waals surface area contributed by atoms with Crippen molar-refractivity contribution in [1.82, 2.24) is 9.97 Å². The van der Waals surface area contributed by atoms with Crippen LogP contribution in [-0.2, 0) is 0 Å². The van der Waals surface area contributed by atoms with Crippen LogP contribution in [0.1, 0.15) is 12.8 Å². The van der Waals surface area contributed by atoms with Crippen molar-refractivity contribution in [2.45, 2.75) is 12.8 Å². The Bertz CT molecular complexity index is 312. The van der Waals surface area contributed by atoms with Crippen LogP contribution < -0.4 is 10.2 Å². The molecule has 1 aromatic rings. The Morgan fingerprint density at radius 3 is 2.87 bits per heavy atom. The maximum absolute atomic E-state index is 4.29. The van der Waals surface area contributed by atoms with E-state index in [1.165, 1.54) is 12.8 Å². The molecule has 82 valence electrons. The van der Waals surface area contributed by atoms with Crippen molar-refractivity contribution in [3.8, 4) is 0 Å². The molecule has 0 unspecified atom stereocenters. The van der Waals surface area contributed by atoms with Crippen LogP contribution in [0.3, 0.4) is 0 Å². The summed E-state index contributed by atoms with van der Waals surface area (Å²) in [6.07, 6.45) is 4.15. The summed E-state index contributed by atoms with van der Waals surface area (Å²) in [4.78, 5) is 10.7. The first-order valence-electron chi connectivity index (χ1n) is 5.32. The maximum Gasteiger partial charge on any atom is 0.134 e. The van der Waals surface area contributed by atoms with Crippen LogP contribution in [-0.4, -0.2) is 35.4 Å². The first-order valence-corrected chi connectivity index (χ1v) is 5.95. The molecule has 0 amide bonds. The number of hydrogen-bond donors (Lipinski definition) is 2. The molecule has 0 radical (unpaired) electrons. The average molecular weight is 224 g/mol. The van der Waals surface area contributed by atoms with Gasteiger partial charge >= 0.3 is 0 Å². The molecular weight excluding hydrogens is 208 g/mol. The van der Waals surface area contributed by atoms with Crippen LogP contribution in [0.2, 0.25) is 0 Å². The molecule has 1 N–H and O–H groups in total. The third-order valence-corrected chi connectivity index (χ3v) is 2.72. The van der Waals surface area contributed by atoms with Crippen LogP contribution >= 0.6 is 12.6 Å². The predicted molar refractivity (Wildman–Crippen MR) is 65.8 cm³/mol. The third kappa shape index (κ3) is 2.75. The SMILES string of the molecule is SCCNc1cc(N2CCCC2)ncn1. The minimum Gasteiger partial charge on any atom is -0.369 e. The first kappa shape index (κ1) is 10.5. The van der Waals surface area contributed by atoms with Crippen LogP contribution in [0, 0.1) is 0 Å². The maximum atomic E-state index is 4.29. The second kappa shape index (κ2) is 5.21. The quantitative estimate of drug-likeness (QED) is 0.759. The van der Waals surface area contributed by atoms with E-state index in [1.807, 2.05) is 6.07 Å². The first-order chi connectivity index (χ1) is 7.40. The third-order valence-electron chi connectivity index (χ3n) is 2.50. The van der Waals surface area contributed by atoms with Gasteiger partial charge in [0, 0.05) is 31.5 Å². The van der Waals surface area contributed by atoms with Gasteiger partial charge in [-0.2, -0.15) is 12.6 Å². The summed E-state index contributed by atoms with van der Waals surface area (Å²) < 4.78 is 0. The number of nitrogens with zero attached hydrogens (tertiary/aromatic N) is 3. The van der Waals surface area contributed by atoms with Gasteiger partial charge in [-0.3, -0.25) is 0 Å². The highest BCUT2D eigenvalue weighted by Gasteiger charge is 2.13. The molecule has 0 spiro atoms. The zero-order chi connectivity index (χ0) is 10.5. The summed E-state index contributed by atoms with van der Waals surface area (Å²) in [5.74, 6) is 2.73. The number of aromatic nitrogens is 2. The topological polar surface area (TPSA) is 41.0 Å². The molecule has 0 saturated carbocycles. The van der Waals surface area contributed by atoms with Crippen molar-refractivity contribution < 1.29 is 0 Å². The lowest BCUT2D eigenvalue weighted by Gasteiger charge is -2.16. The predicted octanol–water partition coefficient (Wildman–Crippen LogP) is 1.42. The summed E-state index contributed by atoms with van der Waals surface area (Å²) in [7, 11) is 0. The van der Waals surface area contributed by atoms with Gasteiger partial charge in [0.1, 0.15) is 18.0 Å². The van der Waals surface area contributed by atoms with E-state index in [9.17, 15) is 0 Å². The lowest BCUT2D eigenvalue weighted by molar-refractivity contribution is 0.926. The highest BCUT2D eigenvalue weighted by molar-refractivity contribution is 7.80. The Labute approximate surface area is 95.5 Å². The summed E-state index contributed by atoms with van der Waals surface area (Å²) in [6, 6.07) is 2.01. The number of nitrogens with one attached hydrogen (secondary N) is 1. The number of thiol groups is 1. The molecule has 2 heterocycles. The zero-order valence-electron chi connectivity index (χ0n) is 8.69. The van der Waals surface area contributed by atoms with Crippen LogP contribution in [0.25, 0.3) is 0 Å². The lowest BCUT2D eigenvalue weighted by Crippen LogP contribution is -2.19. The van der Waals surface area contributed by atoms with Crippen molar-refractivity contribution in [3.63, 3.8) is 0 Å². The fourth-order valence-electron chi connectivity index (χ4n) is 1.75. The second-order valence-corrected chi connectivity index (χ2v) is 4.05. The highest BCUT2D eigenvalue weighted by Crippen LogP contribution is 2.18. The number of rotatable bonds is 4. The molecule has 5 heteroatoms. The molecule has 1 aliphatic heterocycles. The monoisotopic (exact) mass is 224 g/mol. The van der Waals surface area contributed by atoms with Gasteiger partial charge in [-0.15, -0.1) is 0 Å². The van der Waals surface area contributed by atoms with Gasteiger partial charge in [0.05, 0.1) is 0 Å². The molecule has 0 bridgehead atoms. The smallest absolute Gasteiger partial charge is 0.134 e. The summed E-state index contributed by atoms with van der Waals surface area (Å²) in [6.45, 7) is 3.06. The van der Waals surface area contributed by atoms with Gasteiger partial charge in [-0.05, 0) is 12.8 Å². The van der Waals surface area contributed by atoms with E-state index in [4.69, 9.17) is 0 Å². The Hall–Kier alpha value is -0.970. The van der Waals surface area contributed by atoms with Gasteiger partial charge in [0.25, 0.3) is 0 Å². The van der Waals surface area contributed by atoms with Gasteiger partial charge in [0.15, 0.2) is 0 Å². The lowest BCUT2D eigenvalue weighted by atomic mass is 10.4. The summed E-state index contributed by atoms with van der Waals surface area (Å²) in [5.41, 5.74) is 0. The van der Waals surface area contributed by atoms with Crippen molar-refractivity contribution in [2.75, 3.05) is 35.6 Å². The van der Waals surface area contributed by atoms with E-state index in [-0.39, 0.29) is 0 Å². The van der Waals surface area contributed by atoms with E-state index in [0.717, 1.165) is 37.0 Å². The Kier molecular flexibility index (Phi) is 3.66. The molecule has 4 nitrogen and oxygen atoms in total. The van der Waals surface area contributed by atoms with Crippen LogP contribution in [0.5, 0.6) is 0 Å². The van der Waals surface area contributed by atoms with Gasteiger partial charge < -0.3 is 10.2 Å². The van der Waals surface area contributed by atoms with Crippen molar-refractivity contribution in [2.24, 2.45) is 0 Å². The zero-order valence-corrected chi connectivity index (χ0v) is 9.58. The highest BCUT2D eigenvalue weighted by atomic mass is 32.1. The van der Waals surface area contributed by atoms with Crippen molar-refractivity contribution >= 4 is 24.3 Å². The standard InChI is InChI=1S/C10H16N4S/c15-6-3-11-9-7-10(13-8-12-9)14-4-1-2-5-14/h7-8,15H,1-6H2,(H,11,12,13). The molecule has 1 aromatic heterocycles. The van der Waals surface area contributed by atoms with Crippen molar-refractivity contribution in [1.29, 1.82) is 0 Å². The van der Waals surface area contributed by atoms with E-state index >= 15 is 0 Å². The van der Waals surface area contributed by atoms with Gasteiger partial charge in [0.2, 0.25) is 0 Å². The molecule has 1 saturated heterocycles. The Balaban J connectivity index is 2.04. The fourth-order valence-corrected chi connectivity index (χ4v) is 1.86. The molecule has 0 aliphatic carbocycles. The minimum atomic E-state index is 0.809. The molecule has 0 aromatic carbocycles. The van der Waals surface area contributed by atoms with Crippen LogP contribution in [0.4, 0.5) is 11.6 Å². The number of hydrogen-bond acceptors (Lipinski definition) is 5. The van der Waals surface area contributed by atoms with E-state index in [0.29, 0.717) is 0 Å². The molecule has 1 fully saturated rings. The normalized spacial score (nSPS) is 15.7. The summed E-state index contributed by atoms with van der Waals surface area (Å²) >= 11 is 4.15. The van der Waals surface area contributed by atoms with E-state index in [2.05, 4.69) is 32.8 Å². The second-order valence-electron chi connectivity index (χ2n) is 3.61. The molecule has 1 aliphatic rings. The average Bonchev–Trinajstić information content (AvgIpc) is 2.80. The van der Waals surface area contributed by atoms with Crippen molar-refractivity contribution in [3.05, 3.63) is 12.4 Å².